The minimum absolute atomic E-state index is 0.0615. The van der Waals surface area contributed by atoms with Gasteiger partial charge >= 0.3 is 0 Å². The second-order valence-corrected chi connectivity index (χ2v) is 9.11. The molecule has 0 saturated carbocycles. The zero-order chi connectivity index (χ0) is 21.7. The second kappa shape index (κ2) is 8.09. The molecule has 0 radical (unpaired) electrons. The smallest absolute Gasteiger partial charge is 0.296 e. The fourth-order valence-corrected chi connectivity index (χ4v) is 5.07. The van der Waals surface area contributed by atoms with E-state index in [2.05, 4.69) is 19.9 Å². The first-order valence-corrected chi connectivity index (χ1v) is 11.6. The van der Waals surface area contributed by atoms with Crippen molar-refractivity contribution < 1.29 is 19.3 Å². The van der Waals surface area contributed by atoms with Crippen molar-refractivity contribution in [3.63, 3.8) is 0 Å². The summed E-state index contributed by atoms with van der Waals surface area (Å²) in [6.45, 7) is 1.17. The molecule has 2 unspecified atom stereocenters. The van der Waals surface area contributed by atoms with Crippen LogP contribution in [0.1, 0.15) is 23.1 Å². The summed E-state index contributed by atoms with van der Waals surface area (Å²) in [6.07, 6.45) is 1.65. The van der Waals surface area contributed by atoms with Gasteiger partial charge in [-0.1, -0.05) is 35.9 Å². The molecular formula is C22H19ClN4O4S. The number of fused-ring (bicyclic) bond motifs is 2. The predicted octanol–water partition coefficient (Wildman–Crippen LogP) is 3.75. The first kappa shape index (κ1) is 20.1. The Balaban J connectivity index is 1.25. The third-order valence-electron chi connectivity index (χ3n) is 5.77. The minimum atomic E-state index is -0.760. The van der Waals surface area contributed by atoms with E-state index in [0.717, 1.165) is 17.5 Å². The Kier molecular flexibility index (Phi) is 5.08. The van der Waals surface area contributed by atoms with E-state index in [1.807, 2.05) is 29.6 Å². The number of aliphatic hydroxyl groups is 1. The van der Waals surface area contributed by atoms with Gasteiger partial charge in [-0.25, -0.2) is 9.97 Å². The number of H-pyrrole nitrogens is 1. The van der Waals surface area contributed by atoms with Crippen LogP contribution in [0, 0.1) is 0 Å². The van der Waals surface area contributed by atoms with Gasteiger partial charge < -0.3 is 24.3 Å². The quantitative estimate of drug-likeness (QED) is 0.458. The third-order valence-corrected chi connectivity index (χ3v) is 6.89. The zero-order valence-electron chi connectivity index (χ0n) is 16.8. The average molecular weight is 471 g/mol. The molecular weight excluding hydrogens is 452 g/mol. The van der Waals surface area contributed by atoms with Gasteiger partial charge in [-0.3, -0.25) is 0 Å². The Morgan fingerprint density at radius 2 is 2.09 bits per heavy atom. The molecule has 164 valence electrons. The van der Waals surface area contributed by atoms with Crippen molar-refractivity contribution in [2.75, 3.05) is 13.2 Å². The fourth-order valence-electron chi connectivity index (χ4n) is 4.16. The van der Waals surface area contributed by atoms with Crippen LogP contribution in [0.2, 0.25) is 5.02 Å². The molecule has 2 fully saturated rings. The van der Waals surface area contributed by atoms with Crippen molar-refractivity contribution in [2.24, 2.45) is 0 Å². The Morgan fingerprint density at radius 1 is 1.22 bits per heavy atom. The van der Waals surface area contributed by atoms with Crippen LogP contribution in [0.5, 0.6) is 6.01 Å². The standard InChI is InChI=1S/C22H19ClN4O4S/c23-13-9-14-20(27-22(25-14)31-16-10-30-15-5-7-29-19(15)16)26-17(13)11-1-3-12(4-2-11)18(28)21-24-6-8-32-21/h1-4,6,8-9,15-16,18-19,28H,5,7,10H2,(H,25,26,27)/t15-,16?,18?,19+/m1/s1. The van der Waals surface area contributed by atoms with Crippen LogP contribution in [0.3, 0.4) is 0 Å². The van der Waals surface area contributed by atoms with Gasteiger partial charge in [0.05, 0.1) is 28.9 Å². The van der Waals surface area contributed by atoms with Gasteiger partial charge in [-0.05, 0) is 18.1 Å². The van der Waals surface area contributed by atoms with E-state index in [-0.39, 0.29) is 18.3 Å². The number of rotatable bonds is 5. The Bertz CT molecular complexity index is 1250. The number of aliphatic hydroxyl groups excluding tert-OH is 1. The van der Waals surface area contributed by atoms with Gasteiger partial charge in [-0.2, -0.15) is 4.98 Å². The van der Waals surface area contributed by atoms with Crippen LogP contribution in [0.25, 0.3) is 22.4 Å². The summed E-state index contributed by atoms with van der Waals surface area (Å²) in [6, 6.07) is 9.61. The van der Waals surface area contributed by atoms with Crippen molar-refractivity contribution in [3.8, 4) is 17.3 Å². The van der Waals surface area contributed by atoms with Gasteiger partial charge in [0.25, 0.3) is 6.01 Å². The summed E-state index contributed by atoms with van der Waals surface area (Å²) in [5, 5.41) is 13.5. The maximum Gasteiger partial charge on any atom is 0.296 e. The molecule has 2 N–H and O–H groups in total. The van der Waals surface area contributed by atoms with E-state index in [4.69, 9.17) is 25.8 Å². The van der Waals surface area contributed by atoms with Gasteiger partial charge in [0.2, 0.25) is 0 Å². The van der Waals surface area contributed by atoms with E-state index >= 15 is 0 Å². The number of pyridine rings is 1. The molecule has 4 aromatic rings. The number of nitrogens with zero attached hydrogens (tertiary/aromatic N) is 3. The van der Waals surface area contributed by atoms with Crippen molar-refractivity contribution in [3.05, 3.63) is 57.5 Å². The number of hydrogen-bond acceptors (Lipinski definition) is 8. The maximum absolute atomic E-state index is 10.5. The van der Waals surface area contributed by atoms with E-state index in [0.29, 0.717) is 46.1 Å². The molecule has 0 amide bonds. The van der Waals surface area contributed by atoms with Crippen molar-refractivity contribution in [1.82, 2.24) is 19.9 Å². The molecule has 2 aliphatic rings. The van der Waals surface area contributed by atoms with Gasteiger partial charge in [0.1, 0.15) is 17.2 Å². The Hall–Kier alpha value is -2.56. The molecule has 2 aliphatic heterocycles. The molecule has 0 aliphatic carbocycles. The molecule has 5 heterocycles. The highest BCUT2D eigenvalue weighted by atomic mass is 35.5. The van der Waals surface area contributed by atoms with Gasteiger partial charge in [-0.15, -0.1) is 11.3 Å². The summed E-state index contributed by atoms with van der Waals surface area (Å²) in [7, 11) is 0. The van der Waals surface area contributed by atoms with Crippen molar-refractivity contribution in [1.29, 1.82) is 0 Å². The number of thiazole rings is 1. The average Bonchev–Trinajstić information content (AvgIpc) is 3.59. The number of aromatic nitrogens is 4. The highest BCUT2D eigenvalue weighted by Gasteiger charge is 2.43. The lowest BCUT2D eigenvalue weighted by atomic mass is 10.0. The fraction of sp³-hybridized carbons (Fsp3) is 0.318. The topological polar surface area (TPSA) is 102 Å². The van der Waals surface area contributed by atoms with Crippen molar-refractivity contribution in [2.45, 2.75) is 30.8 Å². The lowest BCUT2D eigenvalue weighted by Crippen LogP contribution is -2.32. The molecule has 10 heteroatoms. The van der Waals surface area contributed by atoms with Crippen LogP contribution in [-0.4, -0.2) is 56.6 Å². The maximum atomic E-state index is 10.5. The van der Waals surface area contributed by atoms with Crippen molar-refractivity contribution >= 4 is 34.1 Å². The van der Waals surface area contributed by atoms with E-state index in [1.54, 1.807) is 12.3 Å². The van der Waals surface area contributed by atoms with Crippen LogP contribution in [0.15, 0.2) is 41.9 Å². The lowest BCUT2D eigenvalue weighted by Gasteiger charge is -2.15. The summed E-state index contributed by atoms with van der Waals surface area (Å²) in [4.78, 5) is 16.4. The normalized spacial score (nSPS) is 23.5. The van der Waals surface area contributed by atoms with Gasteiger partial charge in [0, 0.05) is 23.7 Å². The Labute approximate surface area is 192 Å². The van der Waals surface area contributed by atoms with Crippen LogP contribution >= 0.6 is 22.9 Å². The molecule has 4 atom stereocenters. The number of hydrogen-bond donors (Lipinski definition) is 2. The number of ether oxygens (including phenoxy) is 3. The summed E-state index contributed by atoms with van der Waals surface area (Å²) in [5.41, 5.74) is 3.38. The molecule has 0 bridgehead atoms. The monoisotopic (exact) mass is 470 g/mol. The van der Waals surface area contributed by atoms with Gasteiger partial charge in [0.15, 0.2) is 11.8 Å². The molecule has 0 spiro atoms. The molecule has 6 rings (SSSR count). The Morgan fingerprint density at radius 3 is 2.91 bits per heavy atom. The van der Waals surface area contributed by atoms with E-state index in [1.165, 1.54) is 11.3 Å². The highest BCUT2D eigenvalue weighted by molar-refractivity contribution is 7.09. The van der Waals surface area contributed by atoms with Crippen LogP contribution in [-0.2, 0) is 9.47 Å². The van der Waals surface area contributed by atoms with Crippen LogP contribution < -0.4 is 4.74 Å². The third kappa shape index (κ3) is 3.56. The van der Waals surface area contributed by atoms with E-state index < -0.39 is 6.10 Å². The largest absolute Gasteiger partial charge is 0.456 e. The number of imidazole rings is 1. The summed E-state index contributed by atoms with van der Waals surface area (Å²) >= 11 is 7.94. The molecule has 8 nitrogen and oxygen atoms in total. The molecule has 32 heavy (non-hydrogen) atoms. The second-order valence-electron chi connectivity index (χ2n) is 7.78. The van der Waals surface area contributed by atoms with E-state index in [9.17, 15) is 5.11 Å². The van der Waals surface area contributed by atoms with Crippen LogP contribution in [0.4, 0.5) is 0 Å². The number of nitrogens with one attached hydrogen (secondary N) is 1. The number of halogens is 1. The molecule has 3 aromatic heterocycles. The zero-order valence-corrected chi connectivity index (χ0v) is 18.3. The minimum Gasteiger partial charge on any atom is -0.456 e. The highest BCUT2D eigenvalue weighted by Crippen LogP contribution is 2.33. The number of aromatic amines is 1. The SMILES string of the molecule is OC(c1ccc(-c2nc3nc(OC4CO[C@@H]5CCO[C@H]45)[nH]c3cc2Cl)cc1)c1nccs1. The first-order chi connectivity index (χ1) is 15.7. The summed E-state index contributed by atoms with van der Waals surface area (Å²) in [5.74, 6) is 0. The number of benzene rings is 1. The first-order valence-electron chi connectivity index (χ1n) is 10.3. The lowest BCUT2D eigenvalue weighted by molar-refractivity contribution is 0.0273. The molecule has 1 aromatic carbocycles. The summed E-state index contributed by atoms with van der Waals surface area (Å²) < 4.78 is 17.5. The predicted molar refractivity (Wildman–Crippen MR) is 119 cm³/mol. The molecule has 2 saturated heterocycles.